The average molecular weight is 304 g/mol. The van der Waals surface area contributed by atoms with Crippen molar-refractivity contribution in [2.24, 2.45) is 28.6 Å². The lowest BCUT2D eigenvalue weighted by Gasteiger charge is -2.56. The number of hydrogen-bond donors (Lipinski definition) is 1. The van der Waals surface area contributed by atoms with Gasteiger partial charge >= 0.3 is 0 Å². The fourth-order valence-electron chi connectivity index (χ4n) is 6.41. The Kier molecular flexibility index (Phi) is 3.17. The van der Waals surface area contributed by atoms with Gasteiger partial charge in [-0.05, 0) is 68.1 Å². The van der Waals surface area contributed by atoms with Gasteiger partial charge in [0.1, 0.15) is 5.78 Å². The van der Waals surface area contributed by atoms with E-state index in [0.717, 1.165) is 31.1 Å². The molecule has 21 heavy (non-hydrogen) atoms. The molecule has 0 aliphatic heterocycles. The highest BCUT2D eigenvalue weighted by Crippen LogP contribution is 2.64. The van der Waals surface area contributed by atoms with Crippen LogP contribution in [0.5, 0.6) is 0 Å². The van der Waals surface area contributed by atoms with E-state index in [-0.39, 0.29) is 5.41 Å². The monoisotopic (exact) mass is 304 g/mol. The van der Waals surface area contributed by atoms with Crippen LogP contribution in [0.25, 0.3) is 0 Å². The van der Waals surface area contributed by atoms with Gasteiger partial charge in [-0.2, -0.15) is 12.6 Å². The second-order valence-electron chi connectivity index (χ2n) is 8.57. The van der Waals surface area contributed by atoms with Crippen LogP contribution in [0.3, 0.4) is 0 Å². The lowest BCUT2D eigenvalue weighted by Crippen LogP contribution is -2.50. The zero-order valence-corrected chi connectivity index (χ0v) is 14.3. The van der Waals surface area contributed by atoms with E-state index in [4.69, 9.17) is 12.6 Å². The van der Waals surface area contributed by atoms with Crippen molar-refractivity contribution in [1.82, 2.24) is 0 Å². The first kappa shape index (κ1) is 14.4. The molecular formula is C19H28OS. The first-order chi connectivity index (χ1) is 9.95. The van der Waals surface area contributed by atoms with E-state index in [1.807, 2.05) is 0 Å². The molecule has 6 unspecified atom stereocenters. The predicted octanol–water partition coefficient (Wildman–Crippen LogP) is 4.82. The SMILES string of the molecule is CC12CCC3C(CC=C4CC(S)CCC43C)C1CCC2=O. The maximum absolute atomic E-state index is 12.4. The Hall–Kier alpha value is -0.240. The van der Waals surface area contributed by atoms with Gasteiger partial charge in [-0.15, -0.1) is 0 Å². The number of rotatable bonds is 0. The molecule has 0 amide bonds. The van der Waals surface area contributed by atoms with Crippen LogP contribution in [0.1, 0.15) is 65.2 Å². The van der Waals surface area contributed by atoms with Gasteiger partial charge in [0.05, 0.1) is 0 Å². The van der Waals surface area contributed by atoms with Crippen LogP contribution >= 0.6 is 12.6 Å². The quantitative estimate of drug-likeness (QED) is 0.502. The van der Waals surface area contributed by atoms with E-state index in [9.17, 15) is 4.79 Å². The Bertz CT molecular complexity index is 510. The van der Waals surface area contributed by atoms with E-state index < -0.39 is 0 Å². The molecule has 0 aromatic carbocycles. The molecule has 0 heterocycles. The van der Waals surface area contributed by atoms with Crippen molar-refractivity contribution < 1.29 is 4.79 Å². The summed E-state index contributed by atoms with van der Waals surface area (Å²) in [5.41, 5.74) is 2.13. The summed E-state index contributed by atoms with van der Waals surface area (Å²) in [6.07, 6.45) is 12.0. The third-order valence-corrected chi connectivity index (χ3v) is 8.23. The van der Waals surface area contributed by atoms with Gasteiger partial charge in [0.25, 0.3) is 0 Å². The Morgan fingerprint density at radius 1 is 1.10 bits per heavy atom. The molecule has 0 aromatic rings. The maximum Gasteiger partial charge on any atom is 0.139 e. The van der Waals surface area contributed by atoms with Crippen LogP contribution in [0.15, 0.2) is 11.6 Å². The third kappa shape index (κ3) is 1.87. The van der Waals surface area contributed by atoms with Gasteiger partial charge in [-0.3, -0.25) is 4.79 Å². The van der Waals surface area contributed by atoms with E-state index in [0.29, 0.717) is 22.4 Å². The summed E-state index contributed by atoms with van der Waals surface area (Å²) in [4.78, 5) is 12.4. The summed E-state index contributed by atoms with van der Waals surface area (Å²) in [6.45, 7) is 4.80. The minimum absolute atomic E-state index is 0.0175. The number of ketones is 1. The molecule has 3 saturated carbocycles. The molecule has 6 atom stereocenters. The number of thiol groups is 1. The maximum atomic E-state index is 12.4. The average Bonchev–Trinajstić information content (AvgIpc) is 2.76. The van der Waals surface area contributed by atoms with Gasteiger partial charge in [-0.25, -0.2) is 0 Å². The molecule has 3 fully saturated rings. The molecule has 0 radical (unpaired) electrons. The molecule has 0 spiro atoms. The van der Waals surface area contributed by atoms with Gasteiger partial charge in [0.15, 0.2) is 0 Å². The normalized spacial score (nSPS) is 52.7. The number of carbonyl (C=O) groups excluding carboxylic acids is 1. The molecule has 2 heteroatoms. The molecule has 4 aliphatic carbocycles. The van der Waals surface area contributed by atoms with Crippen LogP contribution in [-0.4, -0.2) is 11.0 Å². The standard InChI is InChI=1S/C19H28OS/c1-18-9-7-13(21)11-12(18)3-4-14-15-5-6-17(20)19(15,2)10-8-16(14)18/h3,13-16,21H,4-11H2,1-2H3. The minimum atomic E-state index is 0.0175. The highest BCUT2D eigenvalue weighted by molar-refractivity contribution is 7.80. The molecule has 4 aliphatic rings. The second-order valence-corrected chi connectivity index (χ2v) is 9.30. The fourth-order valence-corrected chi connectivity index (χ4v) is 6.74. The lowest BCUT2D eigenvalue weighted by molar-refractivity contribution is -0.131. The zero-order valence-electron chi connectivity index (χ0n) is 13.4. The summed E-state index contributed by atoms with van der Waals surface area (Å²) >= 11 is 4.73. The Labute approximate surface area is 134 Å². The fraction of sp³-hybridized carbons (Fsp3) is 0.842. The Morgan fingerprint density at radius 3 is 2.62 bits per heavy atom. The zero-order chi connectivity index (χ0) is 14.8. The van der Waals surface area contributed by atoms with E-state index >= 15 is 0 Å². The smallest absolute Gasteiger partial charge is 0.139 e. The van der Waals surface area contributed by atoms with Crippen LogP contribution < -0.4 is 0 Å². The predicted molar refractivity (Wildman–Crippen MR) is 89.5 cm³/mol. The first-order valence-electron chi connectivity index (χ1n) is 8.86. The summed E-state index contributed by atoms with van der Waals surface area (Å²) in [6, 6.07) is 0. The highest BCUT2D eigenvalue weighted by atomic mass is 32.1. The largest absolute Gasteiger partial charge is 0.299 e. The van der Waals surface area contributed by atoms with E-state index in [1.165, 1.54) is 32.1 Å². The van der Waals surface area contributed by atoms with E-state index in [2.05, 4.69) is 19.9 Å². The molecule has 0 bridgehead atoms. The van der Waals surface area contributed by atoms with Crippen LogP contribution in [-0.2, 0) is 4.79 Å². The van der Waals surface area contributed by atoms with Crippen molar-refractivity contribution in [2.45, 2.75) is 70.5 Å². The summed E-state index contributed by atoms with van der Waals surface area (Å²) in [7, 11) is 0. The molecule has 4 rings (SSSR count). The molecule has 0 saturated heterocycles. The van der Waals surface area contributed by atoms with Gasteiger partial charge < -0.3 is 0 Å². The number of allylic oxidation sites excluding steroid dienone is 2. The lowest BCUT2D eigenvalue weighted by atomic mass is 9.48. The van der Waals surface area contributed by atoms with Gasteiger partial charge in [0.2, 0.25) is 0 Å². The molecule has 0 N–H and O–H groups in total. The number of fused-ring (bicyclic) bond motifs is 5. The van der Waals surface area contributed by atoms with E-state index in [1.54, 1.807) is 5.57 Å². The highest BCUT2D eigenvalue weighted by Gasteiger charge is 2.58. The van der Waals surface area contributed by atoms with Gasteiger partial charge in [0, 0.05) is 17.1 Å². The van der Waals surface area contributed by atoms with Crippen LogP contribution in [0.2, 0.25) is 0 Å². The first-order valence-corrected chi connectivity index (χ1v) is 9.38. The van der Waals surface area contributed by atoms with Crippen molar-refractivity contribution in [2.75, 3.05) is 0 Å². The number of Topliss-reactive ketones (excluding diaryl/α,β-unsaturated/α-hetero) is 1. The summed E-state index contributed by atoms with van der Waals surface area (Å²) < 4.78 is 0. The van der Waals surface area contributed by atoms with Crippen molar-refractivity contribution in [3.8, 4) is 0 Å². The van der Waals surface area contributed by atoms with Crippen molar-refractivity contribution in [3.05, 3.63) is 11.6 Å². The molecule has 116 valence electrons. The molecule has 0 aromatic heterocycles. The van der Waals surface area contributed by atoms with Gasteiger partial charge in [-0.1, -0.05) is 25.5 Å². The third-order valence-electron chi connectivity index (χ3n) is 7.79. The number of hydrogen-bond acceptors (Lipinski definition) is 2. The molecular weight excluding hydrogens is 276 g/mol. The Morgan fingerprint density at radius 2 is 1.81 bits per heavy atom. The van der Waals surface area contributed by atoms with Crippen molar-refractivity contribution in [3.63, 3.8) is 0 Å². The molecule has 1 nitrogen and oxygen atoms in total. The van der Waals surface area contributed by atoms with Crippen molar-refractivity contribution >= 4 is 18.4 Å². The summed E-state index contributed by atoms with van der Waals surface area (Å²) in [5, 5.41) is 0.572. The Balaban J connectivity index is 1.69. The topological polar surface area (TPSA) is 17.1 Å². The van der Waals surface area contributed by atoms with Crippen molar-refractivity contribution in [1.29, 1.82) is 0 Å². The second kappa shape index (κ2) is 4.63. The van der Waals surface area contributed by atoms with Crippen LogP contribution in [0.4, 0.5) is 0 Å². The summed E-state index contributed by atoms with van der Waals surface area (Å²) in [5.74, 6) is 2.81. The minimum Gasteiger partial charge on any atom is -0.299 e. The van der Waals surface area contributed by atoms with Crippen LogP contribution in [0, 0.1) is 28.6 Å². The number of carbonyl (C=O) groups is 1.